The smallest absolute Gasteiger partial charge is 0.282 e. The summed E-state index contributed by atoms with van der Waals surface area (Å²) < 4.78 is 0. The number of benzene rings is 2. The minimum Gasteiger partial charge on any atom is -0.373 e. The maximum Gasteiger partial charge on any atom is 0.282 e. The topological polar surface area (TPSA) is 71.8 Å². The molecule has 8 nitrogen and oxygen atoms in total. The van der Waals surface area contributed by atoms with E-state index in [0.29, 0.717) is 22.6 Å². The van der Waals surface area contributed by atoms with E-state index >= 15 is 0 Å². The van der Waals surface area contributed by atoms with Gasteiger partial charge in [-0.15, -0.1) is 0 Å². The van der Waals surface area contributed by atoms with Gasteiger partial charge in [0.25, 0.3) is 11.8 Å². The molecule has 0 spiro atoms. The van der Waals surface area contributed by atoms with Gasteiger partial charge in [-0.25, -0.2) is 0 Å². The van der Waals surface area contributed by atoms with E-state index < -0.39 is 0 Å². The third kappa shape index (κ3) is 4.54. The van der Waals surface area contributed by atoms with Crippen molar-refractivity contribution in [1.29, 1.82) is 0 Å². The molecule has 0 saturated carbocycles. The Balaban J connectivity index is 1.23. The summed E-state index contributed by atoms with van der Waals surface area (Å²) in [5.74, 6) is -0.221. The molecular formula is C28H30N6O2. The summed E-state index contributed by atoms with van der Waals surface area (Å²) in [5, 5.41) is 11.9. The Morgan fingerprint density at radius 2 is 0.917 bits per heavy atom. The molecule has 0 unspecified atom stereocenters. The molecule has 5 rings (SSSR count). The standard InChI is InChI=1S/C28H30N6O2/c1-19-5-9-23(10-6-19)33-27(35)25(21(3)29-33)17-31-13-15-32(16-14-31)18-26-22(4)30-34(28(26)36)24-11-7-20(2)8-12-24/h5-12,17-18H,13-16H2,1-4H3/b25-17-,26-18-. The van der Waals surface area contributed by atoms with Crippen LogP contribution in [0, 0.1) is 13.8 Å². The van der Waals surface area contributed by atoms with E-state index in [2.05, 4.69) is 20.0 Å². The van der Waals surface area contributed by atoms with Crippen molar-refractivity contribution >= 4 is 34.6 Å². The van der Waals surface area contributed by atoms with Gasteiger partial charge in [0.15, 0.2) is 0 Å². The van der Waals surface area contributed by atoms with Gasteiger partial charge < -0.3 is 9.80 Å². The minimum atomic E-state index is -0.111. The Bertz CT molecular complexity index is 1210. The van der Waals surface area contributed by atoms with E-state index in [-0.39, 0.29) is 11.8 Å². The van der Waals surface area contributed by atoms with Crippen LogP contribution in [0.15, 0.2) is 82.3 Å². The number of aryl methyl sites for hydroxylation is 2. The van der Waals surface area contributed by atoms with E-state index in [1.54, 1.807) is 0 Å². The second kappa shape index (κ2) is 9.45. The molecule has 2 amide bonds. The van der Waals surface area contributed by atoms with Crippen LogP contribution in [-0.2, 0) is 9.59 Å². The molecule has 0 aliphatic carbocycles. The largest absolute Gasteiger partial charge is 0.373 e. The van der Waals surface area contributed by atoms with Gasteiger partial charge in [-0.2, -0.15) is 20.2 Å². The zero-order valence-corrected chi connectivity index (χ0v) is 21.1. The molecule has 8 heteroatoms. The molecule has 0 atom stereocenters. The normalized spacial score (nSPS) is 20.7. The van der Waals surface area contributed by atoms with Crippen LogP contribution in [0.25, 0.3) is 0 Å². The van der Waals surface area contributed by atoms with Gasteiger partial charge in [0.1, 0.15) is 0 Å². The molecule has 3 aliphatic heterocycles. The number of hydrogen-bond acceptors (Lipinski definition) is 6. The van der Waals surface area contributed by atoms with Crippen molar-refractivity contribution in [2.45, 2.75) is 27.7 Å². The van der Waals surface area contributed by atoms with Gasteiger partial charge in [-0.3, -0.25) is 9.59 Å². The van der Waals surface area contributed by atoms with Crippen molar-refractivity contribution in [1.82, 2.24) is 9.80 Å². The average molecular weight is 483 g/mol. The van der Waals surface area contributed by atoms with E-state index in [1.807, 2.05) is 88.6 Å². The fourth-order valence-corrected chi connectivity index (χ4v) is 4.42. The van der Waals surface area contributed by atoms with Crippen LogP contribution in [0.5, 0.6) is 0 Å². The molecule has 1 fully saturated rings. The molecule has 0 radical (unpaired) electrons. The molecule has 1 saturated heterocycles. The van der Waals surface area contributed by atoms with E-state index in [4.69, 9.17) is 0 Å². The predicted octanol–water partition coefficient (Wildman–Crippen LogP) is 3.83. The summed E-state index contributed by atoms with van der Waals surface area (Å²) in [7, 11) is 0. The minimum absolute atomic E-state index is 0.111. The number of hydrogen-bond donors (Lipinski definition) is 0. The van der Waals surface area contributed by atoms with Gasteiger partial charge in [-0.05, 0) is 52.0 Å². The lowest BCUT2D eigenvalue weighted by Crippen LogP contribution is -2.42. The van der Waals surface area contributed by atoms with Crippen LogP contribution in [0.2, 0.25) is 0 Å². The molecule has 2 aromatic carbocycles. The monoisotopic (exact) mass is 482 g/mol. The number of carbonyl (C=O) groups is 2. The van der Waals surface area contributed by atoms with Crippen LogP contribution in [0.1, 0.15) is 25.0 Å². The first-order valence-electron chi connectivity index (χ1n) is 12.2. The van der Waals surface area contributed by atoms with Crippen molar-refractivity contribution in [2.75, 3.05) is 36.2 Å². The Kier molecular flexibility index (Phi) is 6.18. The highest BCUT2D eigenvalue weighted by Crippen LogP contribution is 2.26. The highest BCUT2D eigenvalue weighted by molar-refractivity contribution is 6.30. The van der Waals surface area contributed by atoms with Crippen molar-refractivity contribution in [2.24, 2.45) is 10.2 Å². The molecule has 36 heavy (non-hydrogen) atoms. The molecular weight excluding hydrogens is 452 g/mol. The van der Waals surface area contributed by atoms with Crippen LogP contribution in [0.4, 0.5) is 11.4 Å². The Morgan fingerprint density at radius 3 is 1.25 bits per heavy atom. The summed E-state index contributed by atoms with van der Waals surface area (Å²) in [6.45, 7) is 10.7. The van der Waals surface area contributed by atoms with Crippen LogP contribution < -0.4 is 10.0 Å². The third-order valence-electron chi connectivity index (χ3n) is 6.65. The molecule has 3 heterocycles. The first-order chi connectivity index (χ1) is 17.3. The van der Waals surface area contributed by atoms with Gasteiger partial charge in [0.05, 0.1) is 33.9 Å². The summed E-state index contributed by atoms with van der Waals surface area (Å²) in [4.78, 5) is 30.4. The molecule has 0 bridgehead atoms. The summed E-state index contributed by atoms with van der Waals surface area (Å²) in [5.41, 5.74) is 6.46. The van der Waals surface area contributed by atoms with E-state index in [1.165, 1.54) is 10.0 Å². The number of piperazine rings is 1. The zero-order valence-electron chi connectivity index (χ0n) is 21.1. The highest BCUT2D eigenvalue weighted by atomic mass is 16.2. The van der Waals surface area contributed by atoms with Gasteiger partial charge >= 0.3 is 0 Å². The van der Waals surface area contributed by atoms with Crippen molar-refractivity contribution < 1.29 is 9.59 Å². The zero-order chi connectivity index (χ0) is 25.4. The fraction of sp³-hybridized carbons (Fsp3) is 0.286. The number of nitrogens with zero attached hydrogens (tertiary/aromatic N) is 6. The maximum absolute atomic E-state index is 13.0. The third-order valence-corrected chi connectivity index (χ3v) is 6.65. The lowest BCUT2D eigenvalue weighted by molar-refractivity contribution is -0.115. The summed E-state index contributed by atoms with van der Waals surface area (Å²) in [6.07, 6.45) is 3.85. The molecule has 2 aromatic rings. The van der Waals surface area contributed by atoms with Gasteiger partial charge in [0.2, 0.25) is 0 Å². The number of rotatable bonds is 4. The fourth-order valence-electron chi connectivity index (χ4n) is 4.42. The van der Waals surface area contributed by atoms with Crippen LogP contribution in [-0.4, -0.2) is 59.2 Å². The second-order valence-electron chi connectivity index (χ2n) is 9.43. The summed E-state index contributed by atoms with van der Waals surface area (Å²) in [6, 6.07) is 15.6. The molecule has 0 aromatic heterocycles. The number of anilines is 2. The lowest BCUT2D eigenvalue weighted by atomic mass is 10.1. The van der Waals surface area contributed by atoms with Crippen molar-refractivity contribution in [3.05, 3.63) is 83.2 Å². The first-order valence-corrected chi connectivity index (χ1v) is 12.2. The molecule has 0 N–H and O–H groups in total. The van der Waals surface area contributed by atoms with Crippen LogP contribution in [0.3, 0.4) is 0 Å². The summed E-state index contributed by atoms with van der Waals surface area (Å²) >= 11 is 0. The average Bonchev–Trinajstić information content (AvgIpc) is 3.31. The number of amides is 2. The lowest BCUT2D eigenvalue weighted by Gasteiger charge is -2.34. The quantitative estimate of drug-likeness (QED) is 0.621. The van der Waals surface area contributed by atoms with Crippen molar-refractivity contribution in [3.63, 3.8) is 0 Å². The second-order valence-corrected chi connectivity index (χ2v) is 9.43. The van der Waals surface area contributed by atoms with Gasteiger partial charge in [0, 0.05) is 38.6 Å². The predicted molar refractivity (Wildman–Crippen MR) is 143 cm³/mol. The Hall–Kier alpha value is -4.20. The Labute approximate surface area is 211 Å². The number of carbonyl (C=O) groups excluding carboxylic acids is 2. The van der Waals surface area contributed by atoms with Gasteiger partial charge in [-0.1, -0.05) is 35.4 Å². The maximum atomic E-state index is 13.0. The highest BCUT2D eigenvalue weighted by Gasteiger charge is 2.31. The van der Waals surface area contributed by atoms with Crippen LogP contribution >= 0.6 is 0 Å². The molecule has 184 valence electrons. The first kappa shape index (κ1) is 23.5. The van der Waals surface area contributed by atoms with Crippen molar-refractivity contribution in [3.8, 4) is 0 Å². The number of hydrazone groups is 2. The molecule has 3 aliphatic rings. The Morgan fingerprint density at radius 1 is 0.583 bits per heavy atom. The van der Waals surface area contributed by atoms with E-state index in [9.17, 15) is 9.59 Å². The van der Waals surface area contributed by atoms with E-state index in [0.717, 1.165) is 48.7 Å². The SMILES string of the molecule is CC1=NN(c2ccc(C)cc2)C(=O)/C1=C\N1CCN(/C=C2\C(=O)N(c3ccc(C)cc3)N=C2C)CC1.